The highest BCUT2D eigenvalue weighted by Crippen LogP contribution is 2.21. The van der Waals surface area contributed by atoms with Gasteiger partial charge in [0.2, 0.25) is 0 Å². The van der Waals surface area contributed by atoms with Crippen LogP contribution in [-0.2, 0) is 0 Å². The molecule has 86 valence electrons. The van der Waals surface area contributed by atoms with Gasteiger partial charge >= 0.3 is 0 Å². The molecule has 16 heavy (non-hydrogen) atoms. The Bertz CT molecular complexity index is 394. The van der Waals surface area contributed by atoms with Gasteiger partial charge in [0.15, 0.2) is 0 Å². The Morgan fingerprint density at radius 2 is 1.56 bits per heavy atom. The SMILES string of the molecule is Cc1cc(C)c(C(=S)N2CCCC2)c(C)c1. The van der Waals surface area contributed by atoms with E-state index in [-0.39, 0.29) is 0 Å². The fraction of sp³-hybridized carbons (Fsp3) is 0.500. The highest BCUT2D eigenvalue weighted by Gasteiger charge is 2.18. The number of likely N-dealkylation sites (tertiary alicyclic amines) is 1. The van der Waals surface area contributed by atoms with Crippen molar-refractivity contribution in [3.63, 3.8) is 0 Å². The Balaban J connectivity index is 2.35. The first-order valence-corrected chi connectivity index (χ1v) is 6.37. The molecule has 1 heterocycles. The highest BCUT2D eigenvalue weighted by atomic mass is 32.1. The zero-order valence-electron chi connectivity index (χ0n) is 10.3. The van der Waals surface area contributed by atoms with Crippen molar-refractivity contribution in [1.82, 2.24) is 4.90 Å². The van der Waals surface area contributed by atoms with Crippen LogP contribution < -0.4 is 0 Å². The van der Waals surface area contributed by atoms with E-state index >= 15 is 0 Å². The van der Waals surface area contributed by atoms with Crippen LogP contribution in [0.1, 0.15) is 35.1 Å². The van der Waals surface area contributed by atoms with Crippen LogP contribution >= 0.6 is 12.2 Å². The first kappa shape index (κ1) is 11.6. The molecule has 0 unspecified atom stereocenters. The topological polar surface area (TPSA) is 3.24 Å². The van der Waals surface area contributed by atoms with E-state index in [1.165, 1.54) is 35.1 Å². The Morgan fingerprint density at radius 1 is 1.06 bits per heavy atom. The van der Waals surface area contributed by atoms with Crippen molar-refractivity contribution < 1.29 is 0 Å². The molecule has 0 N–H and O–H groups in total. The van der Waals surface area contributed by atoms with Crippen LogP contribution in [0.4, 0.5) is 0 Å². The lowest BCUT2D eigenvalue weighted by molar-refractivity contribution is 0.530. The van der Waals surface area contributed by atoms with Gasteiger partial charge in [0, 0.05) is 18.7 Å². The summed E-state index contributed by atoms with van der Waals surface area (Å²) in [6.45, 7) is 8.73. The Hall–Kier alpha value is -0.890. The van der Waals surface area contributed by atoms with Gasteiger partial charge in [0.25, 0.3) is 0 Å². The molecule has 0 amide bonds. The average molecular weight is 233 g/mol. The van der Waals surface area contributed by atoms with Gasteiger partial charge in [-0.15, -0.1) is 0 Å². The summed E-state index contributed by atoms with van der Waals surface area (Å²) < 4.78 is 0. The molecule has 1 nitrogen and oxygen atoms in total. The average Bonchev–Trinajstić information content (AvgIpc) is 2.67. The van der Waals surface area contributed by atoms with Gasteiger partial charge < -0.3 is 4.90 Å². The molecule has 2 heteroatoms. The number of thiocarbonyl (C=S) groups is 1. The molecule has 0 bridgehead atoms. The minimum atomic E-state index is 1.05. The minimum Gasteiger partial charge on any atom is -0.362 e. The molecule has 1 aromatic rings. The van der Waals surface area contributed by atoms with Crippen LogP contribution in [-0.4, -0.2) is 23.0 Å². The third-order valence-corrected chi connectivity index (χ3v) is 3.75. The second-order valence-electron chi connectivity index (χ2n) is 4.77. The maximum absolute atomic E-state index is 5.62. The van der Waals surface area contributed by atoms with Gasteiger partial charge in [-0.2, -0.15) is 0 Å². The summed E-state index contributed by atoms with van der Waals surface area (Å²) in [6, 6.07) is 4.45. The highest BCUT2D eigenvalue weighted by molar-refractivity contribution is 7.80. The van der Waals surface area contributed by atoms with E-state index < -0.39 is 0 Å². The van der Waals surface area contributed by atoms with E-state index in [9.17, 15) is 0 Å². The van der Waals surface area contributed by atoms with Crippen LogP contribution in [0.25, 0.3) is 0 Å². The number of nitrogens with zero attached hydrogens (tertiary/aromatic N) is 1. The molecule has 1 fully saturated rings. The van der Waals surface area contributed by atoms with Crippen molar-refractivity contribution in [2.75, 3.05) is 13.1 Å². The fourth-order valence-electron chi connectivity index (χ4n) is 2.60. The van der Waals surface area contributed by atoms with E-state index in [1.54, 1.807) is 0 Å². The summed E-state index contributed by atoms with van der Waals surface area (Å²) in [6.07, 6.45) is 2.56. The molecule has 2 rings (SSSR count). The second-order valence-corrected chi connectivity index (χ2v) is 5.16. The Morgan fingerprint density at radius 3 is 2.06 bits per heavy atom. The molecule has 0 aromatic heterocycles. The molecular formula is C14H19NS. The first-order chi connectivity index (χ1) is 7.59. The normalized spacial score (nSPS) is 15.6. The lowest BCUT2D eigenvalue weighted by Gasteiger charge is -2.22. The number of hydrogen-bond acceptors (Lipinski definition) is 1. The maximum atomic E-state index is 5.62. The molecular weight excluding hydrogens is 214 g/mol. The summed E-state index contributed by atoms with van der Waals surface area (Å²) in [7, 11) is 0. The van der Waals surface area contributed by atoms with Crippen LogP contribution in [0, 0.1) is 20.8 Å². The molecule has 0 aliphatic carbocycles. The van der Waals surface area contributed by atoms with Gasteiger partial charge in [0.1, 0.15) is 4.99 Å². The molecule has 0 saturated carbocycles. The number of rotatable bonds is 1. The molecule has 1 saturated heterocycles. The van der Waals surface area contributed by atoms with Crippen molar-refractivity contribution >= 4 is 17.2 Å². The monoisotopic (exact) mass is 233 g/mol. The summed E-state index contributed by atoms with van der Waals surface area (Å²) >= 11 is 5.62. The van der Waals surface area contributed by atoms with Crippen LogP contribution in [0.5, 0.6) is 0 Å². The third kappa shape index (κ3) is 2.12. The van der Waals surface area contributed by atoms with Crippen LogP contribution in [0.15, 0.2) is 12.1 Å². The number of benzene rings is 1. The Kier molecular flexibility index (Phi) is 3.29. The van der Waals surface area contributed by atoms with E-state index in [0.717, 1.165) is 18.1 Å². The second kappa shape index (κ2) is 4.54. The largest absolute Gasteiger partial charge is 0.362 e. The predicted octanol–water partition coefficient (Wildman–Crippen LogP) is 3.38. The lowest BCUT2D eigenvalue weighted by atomic mass is 9.99. The fourth-order valence-corrected chi connectivity index (χ4v) is 3.10. The molecule has 0 spiro atoms. The predicted molar refractivity (Wildman–Crippen MR) is 73.2 cm³/mol. The number of aryl methyl sites for hydroxylation is 3. The van der Waals surface area contributed by atoms with Crippen molar-refractivity contribution in [1.29, 1.82) is 0 Å². The summed E-state index contributed by atoms with van der Waals surface area (Å²) in [5.74, 6) is 0. The summed E-state index contributed by atoms with van der Waals surface area (Å²) in [5.41, 5.74) is 5.23. The van der Waals surface area contributed by atoms with Gasteiger partial charge in [-0.3, -0.25) is 0 Å². The smallest absolute Gasteiger partial charge is 0.109 e. The molecule has 0 radical (unpaired) electrons. The van der Waals surface area contributed by atoms with Crippen molar-refractivity contribution in [2.45, 2.75) is 33.6 Å². The van der Waals surface area contributed by atoms with Gasteiger partial charge in [0.05, 0.1) is 0 Å². The van der Waals surface area contributed by atoms with Crippen LogP contribution in [0.2, 0.25) is 0 Å². The summed E-state index contributed by atoms with van der Waals surface area (Å²) in [4.78, 5) is 3.40. The maximum Gasteiger partial charge on any atom is 0.109 e. The van der Waals surface area contributed by atoms with Gasteiger partial charge in [-0.1, -0.05) is 29.9 Å². The standard InChI is InChI=1S/C14H19NS/c1-10-8-11(2)13(12(3)9-10)14(16)15-6-4-5-7-15/h8-9H,4-7H2,1-3H3. The quantitative estimate of drug-likeness (QED) is 0.684. The molecule has 1 aliphatic heterocycles. The summed E-state index contributed by atoms with van der Waals surface area (Å²) in [5, 5.41) is 0. The van der Waals surface area contributed by atoms with Gasteiger partial charge in [-0.05, 0) is 44.7 Å². The van der Waals surface area contributed by atoms with Crippen LogP contribution in [0.3, 0.4) is 0 Å². The van der Waals surface area contributed by atoms with E-state index in [4.69, 9.17) is 12.2 Å². The molecule has 1 aromatic carbocycles. The van der Waals surface area contributed by atoms with Crippen molar-refractivity contribution in [2.24, 2.45) is 0 Å². The van der Waals surface area contributed by atoms with E-state index in [0.29, 0.717) is 0 Å². The van der Waals surface area contributed by atoms with Gasteiger partial charge in [-0.25, -0.2) is 0 Å². The minimum absolute atomic E-state index is 1.05. The van der Waals surface area contributed by atoms with E-state index in [2.05, 4.69) is 37.8 Å². The first-order valence-electron chi connectivity index (χ1n) is 5.96. The zero-order chi connectivity index (χ0) is 11.7. The number of hydrogen-bond donors (Lipinski definition) is 0. The zero-order valence-corrected chi connectivity index (χ0v) is 11.2. The molecule has 1 aliphatic rings. The van der Waals surface area contributed by atoms with Crippen molar-refractivity contribution in [3.8, 4) is 0 Å². The Labute approximate surface area is 103 Å². The third-order valence-electron chi connectivity index (χ3n) is 3.28. The van der Waals surface area contributed by atoms with E-state index in [1.807, 2.05) is 0 Å². The molecule has 0 atom stereocenters. The lowest BCUT2D eigenvalue weighted by Crippen LogP contribution is -2.28. The van der Waals surface area contributed by atoms with Crippen molar-refractivity contribution in [3.05, 3.63) is 34.4 Å².